The molecule has 96 valence electrons. The first-order valence-electron chi connectivity index (χ1n) is 6.67. The zero-order valence-electron chi connectivity index (χ0n) is 11.0. The Bertz CT molecular complexity index is 371. The zero-order chi connectivity index (χ0) is 12.3. The summed E-state index contributed by atoms with van der Waals surface area (Å²) in [5.74, 6) is 0. The molecule has 2 rings (SSSR count). The predicted molar refractivity (Wildman–Crippen MR) is 70.1 cm³/mol. The van der Waals surface area contributed by atoms with E-state index < -0.39 is 0 Å². The highest BCUT2D eigenvalue weighted by molar-refractivity contribution is 5.32. The van der Waals surface area contributed by atoms with E-state index in [1.54, 1.807) is 7.11 Å². The van der Waals surface area contributed by atoms with Gasteiger partial charge in [0.15, 0.2) is 0 Å². The minimum absolute atomic E-state index is 0.262. The molecule has 0 saturated heterocycles. The van der Waals surface area contributed by atoms with Crippen molar-refractivity contribution in [2.45, 2.75) is 51.6 Å². The van der Waals surface area contributed by atoms with Gasteiger partial charge >= 0.3 is 0 Å². The quantitative estimate of drug-likeness (QED) is 0.798. The fourth-order valence-electron chi connectivity index (χ4n) is 2.83. The number of nitrogens with zero attached hydrogens (tertiary/aromatic N) is 1. The molecule has 0 aliphatic heterocycles. The van der Waals surface area contributed by atoms with Gasteiger partial charge in [0.05, 0.1) is 0 Å². The molecule has 1 aromatic heterocycles. The Balaban J connectivity index is 2.06. The molecule has 3 heteroatoms. The standard InChI is InChI=1S/C14H24N2O/c1-11-10-12-13(15)6-5-7-14(12)16(11)8-3-4-9-17-2/h10,13H,3-9,15H2,1-2H3. The summed E-state index contributed by atoms with van der Waals surface area (Å²) in [7, 11) is 1.77. The Morgan fingerprint density at radius 2 is 2.29 bits per heavy atom. The van der Waals surface area contributed by atoms with Crippen LogP contribution in [0.1, 0.15) is 48.7 Å². The van der Waals surface area contributed by atoms with E-state index in [0.29, 0.717) is 0 Å². The second kappa shape index (κ2) is 5.69. The van der Waals surface area contributed by atoms with E-state index in [1.165, 1.54) is 36.2 Å². The molecular weight excluding hydrogens is 212 g/mol. The van der Waals surface area contributed by atoms with E-state index in [2.05, 4.69) is 17.6 Å². The number of hydrogen-bond donors (Lipinski definition) is 1. The number of unbranched alkanes of at least 4 members (excludes halogenated alkanes) is 1. The van der Waals surface area contributed by atoms with Crippen molar-refractivity contribution in [2.75, 3.05) is 13.7 Å². The monoisotopic (exact) mass is 236 g/mol. The van der Waals surface area contributed by atoms with Crippen LogP contribution in [0.3, 0.4) is 0 Å². The number of nitrogens with two attached hydrogens (primary N) is 1. The molecule has 0 amide bonds. The van der Waals surface area contributed by atoms with Gasteiger partial charge in [-0.1, -0.05) is 0 Å². The van der Waals surface area contributed by atoms with Crippen molar-refractivity contribution in [1.29, 1.82) is 0 Å². The molecule has 17 heavy (non-hydrogen) atoms. The Hall–Kier alpha value is -0.800. The fraction of sp³-hybridized carbons (Fsp3) is 0.714. The topological polar surface area (TPSA) is 40.2 Å². The molecule has 0 radical (unpaired) electrons. The number of aromatic nitrogens is 1. The van der Waals surface area contributed by atoms with E-state index in [1.807, 2.05) is 0 Å². The average molecular weight is 236 g/mol. The summed E-state index contributed by atoms with van der Waals surface area (Å²) in [4.78, 5) is 0. The van der Waals surface area contributed by atoms with Gasteiger partial charge in [-0.25, -0.2) is 0 Å². The summed E-state index contributed by atoms with van der Waals surface area (Å²) in [6.45, 7) is 4.17. The van der Waals surface area contributed by atoms with Gasteiger partial charge in [-0.05, 0) is 50.7 Å². The smallest absolute Gasteiger partial charge is 0.0462 e. The van der Waals surface area contributed by atoms with Crippen LogP contribution in [-0.2, 0) is 17.7 Å². The van der Waals surface area contributed by atoms with Crippen LogP contribution >= 0.6 is 0 Å². The van der Waals surface area contributed by atoms with Crippen molar-refractivity contribution in [2.24, 2.45) is 5.73 Å². The van der Waals surface area contributed by atoms with Crippen molar-refractivity contribution >= 4 is 0 Å². The van der Waals surface area contributed by atoms with E-state index in [9.17, 15) is 0 Å². The Labute approximate surface area is 104 Å². The van der Waals surface area contributed by atoms with Crippen molar-refractivity contribution in [3.05, 3.63) is 23.0 Å². The third-order valence-corrected chi connectivity index (χ3v) is 3.76. The third kappa shape index (κ3) is 2.72. The number of rotatable bonds is 5. The Morgan fingerprint density at radius 1 is 1.47 bits per heavy atom. The summed E-state index contributed by atoms with van der Waals surface area (Å²) in [5, 5.41) is 0. The first kappa shape index (κ1) is 12.7. The highest BCUT2D eigenvalue weighted by atomic mass is 16.5. The molecule has 1 heterocycles. The lowest BCUT2D eigenvalue weighted by molar-refractivity contribution is 0.191. The molecular formula is C14H24N2O. The maximum Gasteiger partial charge on any atom is 0.0462 e. The van der Waals surface area contributed by atoms with Gasteiger partial charge in [0.25, 0.3) is 0 Å². The summed E-state index contributed by atoms with van der Waals surface area (Å²) >= 11 is 0. The minimum Gasteiger partial charge on any atom is -0.385 e. The summed E-state index contributed by atoms with van der Waals surface area (Å²) in [5.41, 5.74) is 10.4. The molecule has 1 aromatic rings. The van der Waals surface area contributed by atoms with Crippen LogP contribution in [-0.4, -0.2) is 18.3 Å². The summed E-state index contributed by atoms with van der Waals surface area (Å²) < 4.78 is 7.55. The lowest BCUT2D eigenvalue weighted by atomic mass is 9.93. The van der Waals surface area contributed by atoms with Gasteiger partial charge in [0.1, 0.15) is 0 Å². The van der Waals surface area contributed by atoms with E-state index in [4.69, 9.17) is 10.5 Å². The van der Waals surface area contributed by atoms with E-state index in [0.717, 1.165) is 26.0 Å². The maximum atomic E-state index is 6.17. The molecule has 0 saturated carbocycles. The minimum atomic E-state index is 0.262. The van der Waals surface area contributed by atoms with Crippen LogP contribution in [0, 0.1) is 6.92 Å². The lowest BCUT2D eigenvalue weighted by Gasteiger charge is -2.21. The molecule has 1 aliphatic rings. The van der Waals surface area contributed by atoms with Crippen molar-refractivity contribution < 1.29 is 4.74 Å². The number of methoxy groups -OCH3 is 1. The Kier molecular flexibility index (Phi) is 4.24. The second-order valence-corrected chi connectivity index (χ2v) is 5.04. The van der Waals surface area contributed by atoms with Gasteiger partial charge in [0, 0.05) is 37.7 Å². The molecule has 0 fully saturated rings. The van der Waals surface area contributed by atoms with Crippen molar-refractivity contribution in [1.82, 2.24) is 4.57 Å². The van der Waals surface area contributed by atoms with Crippen LogP contribution in [0.25, 0.3) is 0 Å². The molecule has 1 aliphatic carbocycles. The largest absolute Gasteiger partial charge is 0.385 e. The molecule has 1 unspecified atom stereocenters. The number of aryl methyl sites for hydroxylation is 1. The van der Waals surface area contributed by atoms with Crippen LogP contribution < -0.4 is 5.73 Å². The molecule has 0 aromatic carbocycles. The molecule has 0 spiro atoms. The summed E-state index contributed by atoms with van der Waals surface area (Å²) in [6.07, 6.45) is 5.89. The van der Waals surface area contributed by atoms with Crippen molar-refractivity contribution in [3.63, 3.8) is 0 Å². The highest BCUT2D eigenvalue weighted by Crippen LogP contribution is 2.30. The van der Waals surface area contributed by atoms with Gasteiger partial charge in [-0.3, -0.25) is 0 Å². The third-order valence-electron chi connectivity index (χ3n) is 3.76. The van der Waals surface area contributed by atoms with Gasteiger partial charge < -0.3 is 15.0 Å². The number of hydrogen-bond acceptors (Lipinski definition) is 2. The number of fused-ring (bicyclic) bond motifs is 1. The first-order chi connectivity index (χ1) is 8.24. The normalized spacial score (nSPS) is 19.4. The SMILES string of the molecule is COCCCCn1c(C)cc2c1CCCC2N. The maximum absolute atomic E-state index is 6.17. The first-order valence-corrected chi connectivity index (χ1v) is 6.67. The van der Waals surface area contributed by atoms with Crippen molar-refractivity contribution in [3.8, 4) is 0 Å². The molecule has 2 N–H and O–H groups in total. The van der Waals surface area contributed by atoms with Crippen LogP contribution in [0.15, 0.2) is 6.07 Å². The second-order valence-electron chi connectivity index (χ2n) is 5.04. The average Bonchev–Trinajstić information content (AvgIpc) is 2.63. The van der Waals surface area contributed by atoms with E-state index >= 15 is 0 Å². The van der Waals surface area contributed by atoms with E-state index in [-0.39, 0.29) is 6.04 Å². The molecule has 1 atom stereocenters. The predicted octanol–water partition coefficient (Wildman–Crippen LogP) is 2.56. The molecule has 0 bridgehead atoms. The lowest BCUT2D eigenvalue weighted by Crippen LogP contribution is -2.18. The Morgan fingerprint density at radius 3 is 3.06 bits per heavy atom. The fourth-order valence-corrected chi connectivity index (χ4v) is 2.83. The van der Waals surface area contributed by atoms with Crippen LogP contribution in [0.2, 0.25) is 0 Å². The van der Waals surface area contributed by atoms with Gasteiger partial charge in [0.2, 0.25) is 0 Å². The zero-order valence-corrected chi connectivity index (χ0v) is 11.0. The van der Waals surface area contributed by atoms with Crippen LogP contribution in [0.4, 0.5) is 0 Å². The van der Waals surface area contributed by atoms with Crippen LogP contribution in [0.5, 0.6) is 0 Å². The summed E-state index contributed by atoms with van der Waals surface area (Å²) in [6, 6.07) is 2.55. The van der Waals surface area contributed by atoms with Gasteiger partial charge in [-0.2, -0.15) is 0 Å². The van der Waals surface area contributed by atoms with Gasteiger partial charge in [-0.15, -0.1) is 0 Å². The highest BCUT2D eigenvalue weighted by Gasteiger charge is 2.21. The number of ether oxygens (including phenoxy) is 1. The molecule has 3 nitrogen and oxygen atoms in total.